The van der Waals surface area contributed by atoms with Crippen LogP contribution >= 0.6 is 0 Å². The van der Waals surface area contributed by atoms with E-state index in [0.29, 0.717) is 17.7 Å². The van der Waals surface area contributed by atoms with E-state index in [-0.39, 0.29) is 17.5 Å². The van der Waals surface area contributed by atoms with Gasteiger partial charge in [-0.3, -0.25) is 9.59 Å². The summed E-state index contributed by atoms with van der Waals surface area (Å²) in [5.74, 6) is 0.482. The van der Waals surface area contributed by atoms with Crippen molar-refractivity contribution in [3.8, 4) is 0 Å². The highest BCUT2D eigenvalue weighted by Crippen LogP contribution is 2.44. The summed E-state index contributed by atoms with van der Waals surface area (Å²) in [6.07, 6.45) is 4.16. The monoisotopic (exact) mass is 323 g/mol. The first-order valence-electron chi connectivity index (χ1n) is 8.57. The molecule has 5 heteroatoms. The Morgan fingerprint density at radius 3 is 2.50 bits per heavy atom. The van der Waals surface area contributed by atoms with Gasteiger partial charge in [0.25, 0.3) is 11.5 Å². The molecule has 2 aromatic rings. The molecule has 1 N–H and O–H groups in total. The van der Waals surface area contributed by atoms with Crippen LogP contribution in [0.1, 0.15) is 53.2 Å². The Bertz CT molecular complexity index is 799. The van der Waals surface area contributed by atoms with Crippen LogP contribution in [0.5, 0.6) is 0 Å². The molecule has 1 aromatic heterocycles. The highest BCUT2D eigenvalue weighted by Gasteiger charge is 2.44. The van der Waals surface area contributed by atoms with Crippen LogP contribution in [0.3, 0.4) is 0 Å². The number of aromatic nitrogens is 2. The maximum Gasteiger partial charge on any atom is 0.274 e. The Balaban J connectivity index is 1.49. The summed E-state index contributed by atoms with van der Waals surface area (Å²) < 4.78 is 0. The summed E-state index contributed by atoms with van der Waals surface area (Å²) in [6, 6.07) is 12.0. The number of nitrogens with zero attached hydrogens (tertiary/aromatic N) is 2. The van der Waals surface area contributed by atoms with E-state index in [0.717, 1.165) is 25.7 Å². The molecule has 0 bridgehead atoms. The van der Waals surface area contributed by atoms with Crippen molar-refractivity contribution < 1.29 is 4.79 Å². The molecule has 4 rings (SSSR count). The molecular weight excluding hydrogens is 302 g/mol. The van der Waals surface area contributed by atoms with E-state index < -0.39 is 0 Å². The second-order valence-electron chi connectivity index (χ2n) is 6.93. The van der Waals surface area contributed by atoms with E-state index in [2.05, 4.69) is 41.4 Å². The van der Waals surface area contributed by atoms with Crippen molar-refractivity contribution in [1.82, 2.24) is 15.1 Å². The predicted molar refractivity (Wildman–Crippen MR) is 91.0 cm³/mol. The van der Waals surface area contributed by atoms with Crippen molar-refractivity contribution >= 4 is 5.91 Å². The molecular formula is C19H21N3O2. The number of rotatable bonds is 4. The Morgan fingerprint density at radius 2 is 1.88 bits per heavy atom. The third-order valence-electron chi connectivity index (χ3n) is 5.21. The molecule has 5 nitrogen and oxygen atoms in total. The lowest BCUT2D eigenvalue weighted by molar-refractivity contribution is 0.0509. The van der Waals surface area contributed by atoms with Gasteiger partial charge in [0.1, 0.15) is 5.69 Å². The lowest BCUT2D eigenvalue weighted by Gasteiger charge is -2.43. The number of aromatic amines is 1. The molecule has 0 spiro atoms. The summed E-state index contributed by atoms with van der Waals surface area (Å²) in [5, 5.41) is 6.27. The lowest BCUT2D eigenvalue weighted by atomic mass is 9.73. The zero-order valence-electron chi connectivity index (χ0n) is 13.7. The maximum atomic E-state index is 12.8. The van der Waals surface area contributed by atoms with E-state index in [1.165, 1.54) is 23.3 Å². The van der Waals surface area contributed by atoms with E-state index in [1.54, 1.807) is 0 Å². The van der Waals surface area contributed by atoms with Gasteiger partial charge in [0.15, 0.2) is 0 Å². The van der Waals surface area contributed by atoms with Crippen molar-refractivity contribution in [3.05, 3.63) is 63.6 Å². The smallest absolute Gasteiger partial charge is 0.274 e. The fourth-order valence-electron chi connectivity index (χ4n) is 3.69. The summed E-state index contributed by atoms with van der Waals surface area (Å²) in [5.41, 5.74) is 2.78. The van der Waals surface area contributed by atoms with Crippen molar-refractivity contribution in [3.63, 3.8) is 0 Å². The first kappa shape index (κ1) is 15.1. The Kier molecular flexibility index (Phi) is 3.71. The maximum absolute atomic E-state index is 12.8. The van der Waals surface area contributed by atoms with Gasteiger partial charge < -0.3 is 4.90 Å². The number of nitrogens with one attached hydrogen (secondary N) is 1. The van der Waals surface area contributed by atoms with Crippen LogP contribution < -0.4 is 5.56 Å². The van der Waals surface area contributed by atoms with Crippen molar-refractivity contribution in [2.45, 2.75) is 50.6 Å². The molecule has 0 atom stereocenters. The quantitative estimate of drug-likeness (QED) is 0.940. The van der Waals surface area contributed by atoms with Gasteiger partial charge in [0, 0.05) is 18.2 Å². The zero-order chi connectivity index (χ0) is 16.7. The molecule has 124 valence electrons. The third-order valence-corrected chi connectivity index (χ3v) is 5.21. The van der Waals surface area contributed by atoms with Crippen LogP contribution in [0.25, 0.3) is 0 Å². The fourth-order valence-corrected chi connectivity index (χ4v) is 3.69. The largest absolute Gasteiger partial charge is 0.331 e. The van der Waals surface area contributed by atoms with E-state index in [9.17, 15) is 9.59 Å². The molecule has 1 amide bonds. The van der Waals surface area contributed by atoms with Crippen LogP contribution in [-0.2, 0) is 0 Å². The van der Waals surface area contributed by atoms with Crippen LogP contribution in [0.2, 0.25) is 0 Å². The van der Waals surface area contributed by atoms with Crippen molar-refractivity contribution in [2.24, 2.45) is 0 Å². The first-order chi connectivity index (χ1) is 11.6. The van der Waals surface area contributed by atoms with Gasteiger partial charge >= 0.3 is 0 Å². The molecule has 2 aliphatic carbocycles. The van der Waals surface area contributed by atoms with Crippen LogP contribution in [0.4, 0.5) is 0 Å². The van der Waals surface area contributed by atoms with Crippen LogP contribution in [-0.4, -0.2) is 33.1 Å². The molecule has 2 saturated carbocycles. The number of carbonyl (C=O) groups is 1. The normalized spacial score (nSPS) is 22.7. The van der Waals surface area contributed by atoms with E-state index in [1.807, 2.05) is 4.90 Å². The number of hydrogen-bond donors (Lipinski definition) is 1. The van der Waals surface area contributed by atoms with Gasteiger partial charge in [-0.2, -0.15) is 5.10 Å². The van der Waals surface area contributed by atoms with Gasteiger partial charge in [0.05, 0.1) is 0 Å². The summed E-state index contributed by atoms with van der Waals surface area (Å²) in [7, 11) is 0. The average Bonchev–Trinajstić information content (AvgIpc) is 3.36. The average molecular weight is 323 g/mol. The third kappa shape index (κ3) is 2.75. The van der Waals surface area contributed by atoms with Gasteiger partial charge in [0.2, 0.25) is 0 Å². The second kappa shape index (κ2) is 5.89. The standard InChI is InChI=1S/C19H21N3O2/c1-12-4-2-3-5-16(12)13-10-15(11-13)22(14-6-7-14)19(24)17-8-9-18(23)21-20-17/h2-5,8-9,13-15H,6-7,10-11H2,1H3,(H,21,23). The molecule has 24 heavy (non-hydrogen) atoms. The highest BCUT2D eigenvalue weighted by atomic mass is 16.2. The topological polar surface area (TPSA) is 66.1 Å². The van der Waals surface area contributed by atoms with E-state index in [4.69, 9.17) is 0 Å². The molecule has 1 aromatic carbocycles. The summed E-state index contributed by atoms with van der Waals surface area (Å²) in [4.78, 5) is 26.0. The number of H-pyrrole nitrogens is 1. The molecule has 0 radical (unpaired) electrons. The van der Waals surface area contributed by atoms with Gasteiger partial charge in [-0.25, -0.2) is 5.10 Å². The molecule has 2 aliphatic rings. The Morgan fingerprint density at radius 1 is 1.12 bits per heavy atom. The number of aryl methyl sites for hydroxylation is 1. The lowest BCUT2D eigenvalue weighted by Crippen LogP contribution is -2.48. The van der Waals surface area contributed by atoms with Crippen LogP contribution in [0.15, 0.2) is 41.2 Å². The summed E-state index contributed by atoms with van der Waals surface area (Å²) >= 11 is 0. The van der Waals surface area contributed by atoms with Crippen molar-refractivity contribution in [1.29, 1.82) is 0 Å². The van der Waals surface area contributed by atoms with Crippen LogP contribution in [0, 0.1) is 6.92 Å². The number of carbonyl (C=O) groups excluding carboxylic acids is 1. The number of amides is 1. The Hall–Kier alpha value is -2.43. The molecule has 2 fully saturated rings. The molecule has 1 heterocycles. The second-order valence-corrected chi connectivity index (χ2v) is 6.93. The van der Waals surface area contributed by atoms with Crippen molar-refractivity contribution in [2.75, 3.05) is 0 Å². The number of hydrogen-bond acceptors (Lipinski definition) is 3. The predicted octanol–water partition coefficient (Wildman–Crippen LogP) is 2.63. The molecule has 0 aliphatic heterocycles. The Labute approximate surface area is 140 Å². The first-order valence-corrected chi connectivity index (χ1v) is 8.57. The van der Waals surface area contributed by atoms with Gasteiger partial charge in [-0.05, 0) is 55.7 Å². The summed E-state index contributed by atoms with van der Waals surface area (Å²) in [6.45, 7) is 2.15. The minimum absolute atomic E-state index is 0.0537. The van der Waals surface area contributed by atoms with Gasteiger partial charge in [-0.1, -0.05) is 24.3 Å². The molecule has 0 unspecified atom stereocenters. The minimum atomic E-state index is -0.284. The molecule has 0 saturated heterocycles. The zero-order valence-corrected chi connectivity index (χ0v) is 13.7. The SMILES string of the molecule is Cc1ccccc1C1CC(N(C(=O)c2ccc(=O)[nH]n2)C2CC2)C1. The van der Waals surface area contributed by atoms with Gasteiger partial charge in [-0.15, -0.1) is 0 Å². The highest BCUT2D eigenvalue weighted by molar-refractivity contribution is 5.92. The fraction of sp³-hybridized carbons (Fsp3) is 0.421. The minimum Gasteiger partial charge on any atom is -0.331 e. The van der Waals surface area contributed by atoms with E-state index >= 15 is 0 Å². The number of benzene rings is 1.